The van der Waals surface area contributed by atoms with Gasteiger partial charge in [-0.3, -0.25) is 27.5 Å². The predicted octanol–water partition coefficient (Wildman–Crippen LogP) is 0.562. The summed E-state index contributed by atoms with van der Waals surface area (Å²) in [5, 5.41) is 11.7. The molecule has 0 heterocycles. The lowest BCUT2D eigenvalue weighted by Crippen LogP contribution is -2.74. The number of hydrogen-bond acceptors (Lipinski definition) is 12. The van der Waals surface area contributed by atoms with Crippen LogP contribution in [-0.2, 0) is 52.5 Å². The number of rotatable bonds is 7. The van der Waals surface area contributed by atoms with Crippen molar-refractivity contribution in [1.82, 2.24) is 0 Å². The van der Waals surface area contributed by atoms with E-state index in [9.17, 15) is 41.1 Å². The molecule has 8 atom stereocenters. The third-order valence-electron chi connectivity index (χ3n) is 9.43. The molecule has 40 heavy (non-hydrogen) atoms. The van der Waals surface area contributed by atoms with Crippen molar-refractivity contribution in [3.05, 3.63) is 11.6 Å². The predicted molar refractivity (Wildman–Crippen MR) is 134 cm³/mol. The van der Waals surface area contributed by atoms with Crippen LogP contribution in [0, 0.1) is 22.7 Å². The Labute approximate surface area is 231 Å². The standard InChI is InChI=1S/C25H33FO12S2/c1-13(27)36-12-18(30)24(31)9-7-15-19-21(38-40(5,34)35)20(37-39(4,32)33)16-10-14(28)6-8-22(16,2)25(19,26)17(29)11-23(15,24)3/h10,15,19-21,31H,6-9,11-12H2,1-5H3/t15-,19+,20-,21+,22-,23-,24-,25+/m0/s1. The molecule has 1 N–H and O–H groups in total. The smallest absolute Gasteiger partial charge is 0.303 e. The van der Waals surface area contributed by atoms with Crippen LogP contribution in [0.4, 0.5) is 4.39 Å². The molecule has 0 aromatic rings. The van der Waals surface area contributed by atoms with E-state index in [0.29, 0.717) is 12.5 Å². The molecule has 4 aliphatic rings. The fraction of sp³-hybridized carbons (Fsp3) is 0.760. The van der Waals surface area contributed by atoms with Gasteiger partial charge in [0.05, 0.1) is 12.5 Å². The van der Waals surface area contributed by atoms with E-state index < -0.39 is 103 Å². The molecule has 0 saturated heterocycles. The molecule has 12 nitrogen and oxygen atoms in total. The van der Waals surface area contributed by atoms with Crippen LogP contribution in [0.1, 0.15) is 52.9 Å². The van der Waals surface area contributed by atoms with Crippen molar-refractivity contribution in [2.75, 3.05) is 19.1 Å². The maximum atomic E-state index is 17.8. The van der Waals surface area contributed by atoms with Gasteiger partial charge in [-0.1, -0.05) is 13.8 Å². The first-order valence-electron chi connectivity index (χ1n) is 12.7. The Morgan fingerprint density at radius 2 is 1.68 bits per heavy atom. The fourth-order valence-electron chi connectivity index (χ4n) is 7.61. The molecule has 0 radical (unpaired) electrons. The van der Waals surface area contributed by atoms with Crippen molar-refractivity contribution in [3.63, 3.8) is 0 Å². The summed E-state index contributed by atoms with van der Waals surface area (Å²) in [4.78, 5) is 50.9. The van der Waals surface area contributed by atoms with E-state index in [1.807, 2.05) is 0 Å². The lowest BCUT2D eigenvalue weighted by Gasteiger charge is -2.63. The topological polar surface area (TPSA) is 184 Å². The Balaban J connectivity index is 1.96. The molecule has 0 aliphatic heterocycles. The lowest BCUT2D eigenvalue weighted by molar-refractivity contribution is -0.210. The van der Waals surface area contributed by atoms with Crippen LogP contribution in [0.2, 0.25) is 0 Å². The van der Waals surface area contributed by atoms with Gasteiger partial charge in [-0.15, -0.1) is 0 Å². The van der Waals surface area contributed by atoms with Crippen molar-refractivity contribution in [3.8, 4) is 0 Å². The van der Waals surface area contributed by atoms with Gasteiger partial charge in [0.2, 0.25) is 5.78 Å². The highest BCUT2D eigenvalue weighted by atomic mass is 32.2. The van der Waals surface area contributed by atoms with Crippen LogP contribution in [-0.4, -0.2) is 87.9 Å². The highest BCUT2D eigenvalue weighted by molar-refractivity contribution is 7.86. The first kappa shape index (κ1) is 30.9. The number of alkyl halides is 1. The van der Waals surface area contributed by atoms with Gasteiger partial charge in [-0.2, -0.15) is 16.8 Å². The Morgan fingerprint density at radius 3 is 2.23 bits per heavy atom. The zero-order valence-corrected chi connectivity index (χ0v) is 24.4. The quantitative estimate of drug-likeness (QED) is 0.313. The molecule has 3 fully saturated rings. The summed E-state index contributed by atoms with van der Waals surface area (Å²) in [5.74, 6) is -6.04. The second-order valence-corrected chi connectivity index (χ2v) is 15.0. The molecular weight excluding hydrogens is 575 g/mol. The zero-order valence-electron chi connectivity index (χ0n) is 22.8. The van der Waals surface area contributed by atoms with Crippen molar-refractivity contribution in [2.45, 2.75) is 76.4 Å². The van der Waals surface area contributed by atoms with Gasteiger partial charge in [-0.05, 0) is 36.8 Å². The van der Waals surface area contributed by atoms with Crippen molar-refractivity contribution in [1.29, 1.82) is 0 Å². The number of esters is 1. The summed E-state index contributed by atoms with van der Waals surface area (Å²) in [6, 6.07) is 0. The molecule has 0 bridgehead atoms. The molecule has 224 valence electrons. The van der Waals surface area contributed by atoms with Gasteiger partial charge < -0.3 is 9.84 Å². The molecule has 0 amide bonds. The van der Waals surface area contributed by atoms with E-state index >= 15 is 4.39 Å². The van der Waals surface area contributed by atoms with Crippen molar-refractivity contribution < 1.29 is 58.6 Å². The third kappa shape index (κ3) is 4.57. The molecule has 15 heteroatoms. The summed E-state index contributed by atoms with van der Waals surface area (Å²) in [6.07, 6.45) is -2.74. The minimum atomic E-state index is -4.44. The number of hydrogen-bond donors (Lipinski definition) is 1. The maximum Gasteiger partial charge on any atom is 0.303 e. The minimum Gasteiger partial charge on any atom is -0.458 e. The van der Waals surface area contributed by atoms with Crippen LogP contribution >= 0.6 is 0 Å². The van der Waals surface area contributed by atoms with E-state index in [1.165, 1.54) is 13.8 Å². The van der Waals surface area contributed by atoms with Gasteiger partial charge in [0.1, 0.15) is 17.8 Å². The second kappa shape index (κ2) is 9.48. The minimum absolute atomic E-state index is 0.0777. The first-order chi connectivity index (χ1) is 18.1. The van der Waals surface area contributed by atoms with Gasteiger partial charge in [0.15, 0.2) is 23.8 Å². The molecule has 4 aliphatic carbocycles. The summed E-state index contributed by atoms with van der Waals surface area (Å²) < 4.78 is 82.8. The van der Waals surface area contributed by atoms with E-state index in [2.05, 4.69) is 0 Å². The van der Waals surface area contributed by atoms with Crippen LogP contribution in [0.25, 0.3) is 0 Å². The van der Waals surface area contributed by atoms with E-state index in [4.69, 9.17) is 13.1 Å². The van der Waals surface area contributed by atoms with Crippen molar-refractivity contribution in [2.24, 2.45) is 22.7 Å². The molecular formula is C25H33FO12S2. The largest absolute Gasteiger partial charge is 0.458 e. The average molecular weight is 609 g/mol. The number of carbonyl (C=O) groups excluding carboxylic acids is 4. The zero-order chi connectivity index (χ0) is 30.3. The number of ether oxygens (including phenoxy) is 1. The van der Waals surface area contributed by atoms with Gasteiger partial charge in [-0.25, -0.2) is 4.39 Å². The Morgan fingerprint density at radius 1 is 1.07 bits per heavy atom. The van der Waals surface area contributed by atoms with E-state index in [0.717, 1.165) is 13.0 Å². The number of halogens is 1. The Hall–Kier alpha value is -2.07. The average Bonchev–Trinajstić information content (AvgIpc) is 3.06. The van der Waals surface area contributed by atoms with Crippen molar-refractivity contribution >= 4 is 43.6 Å². The molecule has 4 rings (SSSR count). The second-order valence-electron chi connectivity index (χ2n) is 11.8. The Bertz CT molecular complexity index is 1420. The highest BCUT2D eigenvalue weighted by Crippen LogP contribution is 2.70. The molecule has 0 spiro atoms. The van der Waals surface area contributed by atoms with Gasteiger partial charge in [0, 0.05) is 36.5 Å². The fourth-order valence-corrected chi connectivity index (χ4v) is 8.83. The van der Waals surface area contributed by atoms with E-state index in [1.54, 1.807) is 0 Å². The number of ketones is 3. The maximum absolute atomic E-state index is 17.8. The number of Topliss-reactive ketones (excluding diaryl/α,β-unsaturated/α-hetero) is 2. The normalized spacial score (nSPS) is 41.4. The highest BCUT2D eigenvalue weighted by Gasteiger charge is 2.78. The summed E-state index contributed by atoms with van der Waals surface area (Å²) in [6.45, 7) is 3.02. The number of fused-ring (bicyclic) bond motifs is 5. The summed E-state index contributed by atoms with van der Waals surface area (Å²) >= 11 is 0. The SMILES string of the molecule is CC(=O)OCC(=O)[C@@]1(O)CC[C@H]2[C@@H]3[C@@H](OS(C)(=O)=O)[C@@H](OS(C)(=O)=O)C4=CC(=O)CC[C@]4(C)[C@@]3(F)C(=O)C[C@@]21C. The van der Waals surface area contributed by atoms with Crippen LogP contribution in [0.3, 0.4) is 0 Å². The molecule has 0 aromatic carbocycles. The number of aliphatic hydroxyl groups is 1. The summed E-state index contributed by atoms with van der Waals surface area (Å²) in [7, 11) is -8.80. The molecule has 0 aromatic heterocycles. The molecule has 3 saturated carbocycles. The number of carbonyl (C=O) groups is 4. The first-order valence-corrected chi connectivity index (χ1v) is 16.4. The van der Waals surface area contributed by atoms with Crippen LogP contribution in [0.5, 0.6) is 0 Å². The van der Waals surface area contributed by atoms with E-state index in [-0.39, 0.29) is 31.3 Å². The monoisotopic (exact) mass is 608 g/mol. The molecule has 0 unspecified atom stereocenters. The lowest BCUT2D eigenvalue weighted by atomic mass is 9.43. The van der Waals surface area contributed by atoms with Crippen LogP contribution < -0.4 is 0 Å². The Kier molecular flexibility index (Phi) is 7.32. The van der Waals surface area contributed by atoms with Gasteiger partial charge >= 0.3 is 5.97 Å². The van der Waals surface area contributed by atoms with Gasteiger partial charge in [0.25, 0.3) is 20.2 Å². The summed E-state index contributed by atoms with van der Waals surface area (Å²) in [5.41, 5.74) is -8.80. The van der Waals surface area contributed by atoms with Crippen LogP contribution in [0.15, 0.2) is 11.6 Å². The third-order valence-corrected chi connectivity index (χ3v) is 10.6.